The maximum absolute atomic E-state index is 14.0. The Morgan fingerprint density at radius 1 is 1.45 bits per heavy atom. The van der Waals surface area contributed by atoms with Crippen LogP contribution in [0.15, 0.2) is 18.2 Å². The molecular weight excluding hydrogens is 287 g/mol. The Bertz CT molecular complexity index is 596. The summed E-state index contributed by atoms with van der Waals surface area (Å²) in [5.41, 5.74) is -0.628. The van der Waals surface area contributed by atoms with Crippen LogP contribution in [-0.2, 0) is 4.79 Å². The van der Waals surface area contributed by atoms with E-state index >= 15 is 0 Å². The minimum atomic E-state index is -1.07. The van der Waals surface area contributed by atoms with Crippen LogP contribution in [0, 0.1) is 5.82 Å². The number of hydrogen-bond donors (Lipinski definition) is 1. The molecule has 6 heteroatoms. The molecule has 1 aromatic carbocycles. The summed E-state index contributed by atoms with van der Waals surface area (Å²) in [6.45, 7) is 3.81. The predicted molar refractivity (Wildman–Crippen MR) is 81.2 cm³/mol. The number of carbonyl (C=O) groups excluding carboxylic acids is 2. The lowest BCUT2D eigenvalue weighted by Gasteiger charge is -2.26. The summed E-state index contributed by atoms with van der Waals surface area (Å²) in [7, 11) is 1.51. The van der Waals surface area contributed by atoms with Gasteiger partial charge in [0.2, 0.25) is 5.91 Å². The third-order valence-corrected chi connectivity index (χ3v) is 3.54. The van der Waals surface area contributed by atoms with Gasteiger partial charge in [0, 0.05) is 32.2 Å². The van der Waals surface area contributed by atoms with Gasteiger partial charge in [-0.25, -0.2) is 4.39 Å². The normalized spacial score (nSPS) is 15.3. The van der Waals surface area contributed by atoms with Crippen LogP contribution in [0.5, 0.6) is 0 Å². The molecule has 2 rings (SSSR count). The molecule has 120 valence electrons. The van der Waals surface area contributed by atoms with Gasteiger partial charge in [-0.05, 0) is 38.5 Å². The number of rotatable bonds is 4. The third-order valence-electron chi connectivity index (χ3n) is 3.54. The second-order valence-electron chi connectivity index (χ2n) is 6.29. The highest BCUT2D eigenvalue weighted by Crippen LogP contribution is 2.24. The standard InChI is InChI=1S/C16H21FN2O3/c1-16(2,22)10-18(3)15(21)12-9-11(6-7-13(12)17)19-8-4-5-14(19)20/h6-7,9,22H,4-5,8,10H2,1-3H3. The Morgan fingerprint density at radius 2 is 2.14 bits per heavy atom. The number of likely N-dealkylation sites (N-methyl/N-ethyl adjacent to an activating group) is 1. The Hall–Kier alpha value is -1.95. The first-order valence-electron chi connectivity index (χ1n) is 7.27. The maximum Gasteiger partial charge on any atom is 0.256 e. The zero-order valence-electron chi connectivity index (χ0n) is 13.1. The molecule has 0 spiro atoms. The van der Waals surface area contributed by atoms with Gasteiger partial charge in [0.25, 0.3) is 5.91 Å². The molecule has 5 nitrogen and oxygen atoms in total. The molecule has 1 heterocycles. The lowest BCUT2D eigenvalue weighted by Crippen LogP contribution is -2.40. The van der Waals surface area contributed by atoms with Gasteiger partial charge >= 0.3 is 0 Å². The molecule has 1 aliphatic rings. The van der Waals surface area contributed by atoms with Gasteiger partial charge in [-0.2, -0.15) is 0 Å². The van der Waals surface area contributed by atoms with Crippen molar-refractivity contribution < 1.29 is 19.1 Å². The summed E-state index contributed by atoms with van der Waals surface area (Å²) in [6.07, 6.45) is 1.23. The van der Waals surface area contributed by atoms with Gasteiger partial charge in [0.05, 0.1) is 11.2 Å². The maximum atomic E-state index is 14.0. The van der Waals surface area contributed by atoms with Crippen molar-refractivity contribution in [1.29, 1.82) is 0 Å². The van der Waals surface area contributed by atoms with Crippen molar-refractivity contribution >= 4 is 17.5 Å². The topological polar surface area (TPSA) is 60.9 Å². The Labute approximate surface area is 129 Å². The molecule has 1 N–H and O–H groups in total. The SMILES string of the molecule is CN(CC(C)(C)O)C(=O)c1cc(N2CCCC2=O)ccc1F. The van der Waals surface area contributed by atoms with Crippen LogP contribution in [0.25, 0.3) is 0 Å². The van der Waals surface area contributed by atoms with Crippen LogP contribution in [0.2, 0.25) is 0 Å². The monoisotopic (exact) mass is 308 g/mol. The number of benzene rings is 1. The largest absolute Gasteiger partial charge is 0.389 e. The molecule has 22 heavy (non-hydrogen) atoms. The molecule has 0 radical (unpaired) electrons. The fourth-order valence-electron chi connectivity index (χ4n) is 2.62. The number of amides is 2. The fourth-order valence-corrected chi connectivity index (χ4v) is 2.62. The summed E-state index contributed by atoms with van der Waals surface area (Å²) in [6, 6.07) is 4.11. The van der Waals surface area contributed by atoms with Crippen LogP contribution in [-0.4, -0.2) is 47.6 Å². The Morgan fingerprint density at radius 3 is 2.68 bits per heavy atom. The Kier molecular flexibility index (Phi) is 4.51. The van der Waals surface area contributed by atoms with Gasteiger partial charge in [0.15, 0.2) is 0 Å². The van der Waals surface area contributed by atoms with E-state index in [1.807, 2.05) is 0 Å². The molecular formula is C16H21FN2O3. The zero-order chi connectivity index (χ0) is 16.5. The summed E-state index contributed by atoms with van der Waals surface area (Å²) in [5, 5.41) is 9.77. The fraction of sp³-hybridized carbons (Fsp3) is 0.500. The Balaban J connectivity index is 2.26. The second kappa shape index (κ2) is 6.04. The highest BCUT2D eigenvalue weighted by atomic mass is 19.1. The van der Waals surface area contributed by atoms with Crippen molar-refractivity contribution in [3.05, 3.63) is 29.6 Å². The second-order valence-corrected chi connectivity index (χ2v) is 6.29. The van der Waals surface area contributed by atoms with Crippen LogP contribution >= 0.6 is 0 Å². The molecule has 2 amide bonds. The van der Waals surface area contributed by atoms with E-state index in [1.165, 1.54) is 30.1 Å². The van der Waals surface area contributed by atoms with E-state index in [9.17, 15) is 19.1 Å². The minimum Gasteiger partial charge on any atom is -0.389 e. The molecule has 0 atom stereocenters. The van der Waals surface area contributed by atoms with Crippen molar-refractivity contribution in [2.24, 2.45) is 0 Å². The molecule has 1 aliphatic heterocycles. The quantitative estimate of drug-likeness (QED) is 0.922. The molecule has 0 aromatic heterocycles. The molecule has 0 aliphatic carbocycles. The molecule has 0 bridgehead atoms. The lowest BCUT2D eigenvalue weighted by atomic mass is 10.1. The van der Waals surface area contributed by atoms with Gasteiger partial charge in [-0.15, -0.1) is 0 Å². The van der Waals surface area contributed by atoms with Crippen LogP contribution < -0.4 is 4.90 Å². The van der Waals surface area contributed by atoms with Crippen LogP contribution in [0.3, 0.4) is 0 Å². The highest BCUT2D eigenvalue weighted by molar-refractivity contribution is 5.99. The average Bonchev–Trinajstić information content (AvgIpc) is 2.83. The zero-order valence-corrected chi connectivity index (χ0v) is 13.1. The number of halogens is 1. The van der Waals surface area contributed by atoms with Gasteiger partial charge in [0.1, 0.15) is 5.82 Å². The van der Waals surface area contributed by atoms with E-state index in [-0.39, 0.29) is 18.0 Å². The van der Waals surface area contributed by atoms with Crippen molar-refractivity contribution in [3.8, 4) is 0 Å². The predicted octanol–water partition coefficient (Wildman–Crippen LogP) is 1.80. The lowest BCUT2D eigenvalue weighted by molar-refractivity contribution is -0.117. The van der Waals surface area contributed by atoms with E-state index in [1.54, 1.807) is 18.7 Å². The van der Waals surface area contributed by atoms with Gasteiger partial charge < -0.3 is 14.9 Å². The number of carbonyl (C=O) groups is 2. The smallest absolute Gasteiger partial charge is 0.256 e. The summed E-state index contributed by atoms with van der Waals surface area (Å²) in [4.78, 5) is 27.0. The number of aliphatic hydroxyl groups is 1. The average molecular weight is 308 g/mol. The van der Waals surface area contributed by atoms with Gasteiger partial charge in [-0.3, -0.25) is 9.59 Å². The first kappa shape index (κ1) is 16.4. The van der Waals surface area contributed by atoms with Crippen LogP contribution in [0.4, 0.5) is 10.1 Å². The number of hydrogen-bond acceptors (Lipinski definition) is 3. The molecule has 0 saturated carbocycles. The third kappa shape index (κ3) is 3.62. The van der Waals surface area contributed by atoms with Gasteiger partial charge in [-0.1, -0.05) is 0 Å². The van der Waals surface area contributed by atoms with E-state index in [2.05, 4.69) is 0 Å². The van der Waals surface area contributed by atoms with E-state index in [0.717, 1.165) is 6.42 Å². The molecule has 1 saturated heterocycles. The van der Waals surface area contributed by atoms with Crippen molar-refractivity contribution in [3.63, 3.8) is 0 Å². The molecule has 1 fully saturated rings. The highest BCUT2D eigenvalue weighted by Gasteiger charge is 2.26. The first-order valence-corrected chi connectivity index (χ1v) is 7.27. The van der Waals surface area contributed by atoms with Crippen molar-refractivity contribution in [2.45, 2.75) is 32.3 Å². The van der Waals surface area contributed by atoms with Crippen LogP contribution in [0.1, 0.15) is 37.0 Å². The molecule has 0 unspecified atom stereocenters. The summed E-state index contributed by atoms with van der Waals surface area (Å²) < 4.78 is 14.0. The number of nitrogens with zero attached hydrogens (tertiary/aromatic N) is 2. The first-order chi connectivity index (χ1) is 10.2. The van der Waals surface area contributed by atoms with Crippen molar-refractivity contribution in [1.82, 2.24) is 4.90 Å². The van der Waals surface area contributed by atoms with Crippen molar-refractivity contribution in [2.75, 3.05) is 25.0 Å². The minimum absolute atomic E-state index is 0.0187. The summed E-state index contributed by atoms with van der Waals surface area (Å²) >= 11 is 0. The summed E-state index contributed by atoms with van der Waals surface area (Å²) in [5.74, 6) is -1.18. The number of anilines is 1. The molecule has 1 aromatic rings. The van der Waals surface area contributed by atoms with E-state index in [4.69, 9.17) is 0 Å². The van der Waals surface area contributed by atoms with E-state index in [0.29, 0.717) is 18.7 Å². The van der Waals surface area contributed by atoms with E-state index < -0.39 is 17.3 Å².